The Morgan fingerprint density at radius 1 is 1.23 bits per heavy atom. The lowest BCUT2D eigenvalue weighted by Crippen LogP contribution is -2.38. The molecule has 0 saturated carbocycles. The lowest BCUT2D eigenvalue weighted by Gasteiger charge is -2.15. The normalized spacial score (nSPS) is 10.7. The van der Waals surface area contributed by atoms with E-state index >= 15 is 0 Å². The summed E-state index contributed by atoms with van der Waals surface area (Å²) in [4.78, 5) is 37.3. The van der Waals surface area contributed by atoms with Gasteiger partial charge in [0.05, 0.1) is 26.3 Å². The summed E-state index contributed by atoms with van der Waals surface area (Å²) in [5.41, 5.74) is -0.0309. The number of nitrogens with zero attached hydrogens (tertiary/aromatic N) is 1. The minimum absolute atomic E-state index is 0.120. The van der Waals surface area contributed by atoms with Crippen LogP contribution in [0, 0.1) is 0 Å². The molecule has 0 aromatic carbocycles. The van der Waals surface area contributed by atoms with E-state index in [1.807, 2.05) is 5.32 Å². The zero-order chi connectivity index (χ0) is 16.8. The van der Waals surface area contributed by atoms with Crippen LogP contribution in [0.2, 0.25) is 0 Å². The zero-order valence-electron chi connectivity index (χ0n) is 11.9. The largest absolute Gasteiger partial charge is 0.469 e. The molecule has 7 nitrogen and oxygen atoms in total. The van der Waals surface area contributed by atoms with E-state index in [4.69, 9.17) is 0 Å². The van der Waals surface area contributed by atoms with Crippen molar-refractivity contribution in [3.63, 3.8) is 0 Å². The lowest BCUT2D eigenvalue weighted by molar-refractivity contribution is -0.148. The van der Waals surface area contributed by atoms with Crippen molar-refractivity contribution in [2.45, 2.75) is 12.3 Å². The maximum absolute atomic E-state index is 13.4. The minimum Gasteiger partial charge on any atom is -0.469 e. The van der Waals surface area contributed by atoms with Crippen LogP contribution in [0.4, 0.5) is 8.78 Å². The Balaban J connectivity index is 2.62. The fraction of sp³-hybridized carbons (Fsp3) is 0.385. The molecule has 1 aromatic heterocycles. The molecule has 1 rings (SSSR count). The van der Waals surface area contributed by atoms with Crippen molar-refractivity contribution < 1.29 is 32.6 Å². The lowest BCUT2D eigenvalue weighted by atomic mass is 10.2. The Labute approximate surface area is 124 Å². The van der Waals surface area contributed by atoms with Gasteiger partial charge in [-0.15, -0.1) is 0 Å². The monoisotopic (exact) mass is 316 g/mol. The van der Waals surface area contributed by atoms with Crippen molar-refractivity contribution in [1.82, 2.24) is 10.3 Å². The van der Waals surface area contributed by atoms with Crippen LogP contribution in [0.15, 0.2) is 18.3 Å². The average Bonchev–Trinajstić information content (AvgIpc) is 2.51. The first-order chi connectivity index (χ1) is 10.3. The summed E-state index contributed by atoms with van der Waals surface area (Å²) in [5, 5.41) is 1.96. The molecule has 0 bridgehead atoms. The SMILES string of the molecule is COC(=O)CC(F)(F)CNC(=O)c1ccc(C(=O)OC)cn1. The Morgan fingerprint density at radius 2 is 1.91 bits per heavy atom. The van der Waals surface area contributed by atoms with Crippen molar-refractivity contribution >= 4 is 17.8 Å². The molecule has 1 N–H and O–H groups in total. The molecular weight excluding hydrogens is 302 g/mol. The molecule has 0 atom stereocenters. The predicted molar refractivity (Wildman–Crippen MR) is 69.5 cm³/mol. The Hall–Kier alpha value is -2.58. The maximum Gasteiger partial charge on any atom is 0.339 e. The number of aromatic nitrogens is 1. The number of methoxy groups -OCH3 is 2. The fourth-order valence-electron chi connectivity index (χ4n) is 1.41. The number of hydrogen-bond donors (Lipinski definition) is 1. The number of rotatable bonds is 6. The van der Waals surface area contributed by atoms with E-state index in [1.165, 1.54) is 19.2 Å². The third kappa shape index (κ3) is 5.08. The molecule has 0 unspecified atom stereocenters. The van der Waals surface area contributed by atoms with Gasteiger partial charge in [0.1, 0.15) is 12.1 Å². The number of alkyl halides is 2. The number of esters is 2. The van der Waals surface area contributed by atoms with Gasteiger partial charge < -0.3 is 14.8 Å². The van der Waals surface area contributed by atoms with Gasteiger partial charge in [0.2, 0.25) is 0 Å². The van der Waals surface area contributed by atoms with E-state index < -0.39 is 36.7 Å². The van der Waals surface area contributed by atoms with E-state index in [9.17, 15) is 23.2 Å². The van der Waals surface area contributed by atoms with E-state index in [1.54, 1.807) is 0 Å². The molecule has 120 valence electrons. The van der Waals surface area contributed by atoms with Gasteiger partial charge >= 0.3 is 11.9 Å². The number of nitrogens with one attached hydrogen (secondary N) is 1. The second-order valence-electron chi connectivity index (χ2n) is 4.22. The van der Waals surface area contributed by atoms with Crippen LogP contribution in [0.5, 0.6) is 0 Å². The molecule has 0 aliphatic heterocycles. The smallest absolute Gasteiger partial charge is 0.339 e. The minimum atomic E-state index is -3.44. The molecule has 0 aliphatic rings. The van der Waals surface area contributed by atoms with Gasteiger partial charge in [-0.2, -0.15) is 0 Å². The number of ether oxygens (including phenoxy) is 2. The average molecular weight is 316 g/mol. The fourth-order valence-corrected chi connectivity index (χ4v) is 1.41. The molecule has 1 amide bonds. The number of amides is 1. The van der Waals surface area contributed by atoms with Crippen LogP contribution in [-0.4, -0.2) is 49.5 Å². The summed E-state index contributed by atoms with van der Waals surface area (Å²) >= 11 is 0. The van der Waals surface area contributed by atoms with Crippen molar-refractivity contribution in [1.29, 1.82) is 0 Å². The third-order valence-electron chi connectivity index (χ3n) is 2.56. The van der Waals surface area contributed by atoms with Crippen molar-refractivity contribution in [2.75, 3.05) is 20.8 Å². The van der Waals surface area contributed by atoms with Gasteiger partial charge in [-0.25, -0.2) is 13.6 Å². The molecular formula is C13H14F2N2O5. The van der Waals surface area contributed by atoms with Crippen LogP contribution in [-0.2, 0) is 14.3 Å². The molecule has 0 saturated heterocycles. The summed E-state index contributed by atoms with van der Waals surface area (Å²) in [6, 6.07) is 2.47. The summed E-state index contributed by atoms with van der Waals surface area (Å²) in [6.07, 6.45) is -0.0498. The maximum atomic E-state index is 13.4. The molecule has 22 heavy (non-hydrogen) atoms. The van der Waals surface area contributed by atoms with Gasteiger partial charge in [0.25, 0.3) is 11.8 Å². The number of carbonyl (C=O) groups excluding carboxylic acids is 3. The molecule has 1 aromatic rings. The highest BCUT2D eigenvalue weighted by Gasteiger charge is 2.33. The van der Waals surface area contributed by atoms with Gasteiger partial charge in [0.15, 0.2) is 0 Å². The highest BCUT2D eigenvalue weighted by Crippen LogP contribution is 2.17. The quantitative estimate of drug-likeness (QED) is 0.780. The van der Waals surface area contributed by atoms with Crippen LogP contribution in [0.3, 0.4) is 0 Å². The first-order valence-electron chi connectivity index (χ1n) is 6.06. The zero-order valence-corrected chi connectivity index (χ0v) is 11.9. The number of halogens is 2. The second-order valence-corrected chi connectivity index (χ2v) is 4.22. The van der Waals surface area contributed by atoms with E-state index in [2.05, 4.69) is 14.5 Å². The summed E-state index contributed by atoms with van der Waals surface area (Å²) in [6.45, 7) is -1.04. The van der Waals surface area contributed by atoms with Crippen LogP contribution in [0.1, 0.15) is 27.3 Å². The first kappa shape index (κ1) is 17.5. The highest BCUT2D eigenvalue weighted by molar-refractivity contribution is 5.94. The number of pyridine rings is 1. The highest BCUT2D eigenvalue weighted by atomic mass is 19.3. The molecule has 0 spiro atoms. The Bertz CT molecular complexity index is 560. The molecule has 1 heterocycles. The van der Waals surface area contributed by atoms with Crippen LogP contribution < -0.4 is 5.32 Å². The standard InChI is InChI=1S/C13H14F2N2O5/c1-21-10(18)5-13(14,15)7-17-11(19)9-4-3-8(6-16-9)12(20)22-2/h3-4,6H,5,7H2,1-2H3,(H,17,19). The first-order valence-corrected chi connectivity index (χ1v) is 6.06. The van der Waals surface area contributed by atoms with E-state index in [0.717, 1.165) is 13.3 Å². The molecule has 0 aliphatic carbocycles. The third-order valence-corrected chi connectivity index (χ3v) is 2.56. The van der Waals surface area contributed by atoms with E-state index in [0.29, 0.717) is 0 Å². The van der Waals surface area contributed by atoms with Gasteiger partial charge in [-0.1, -0.05) is 0 Å². The van der Waals surface area contributed by atoms with Crippen LogP contribution >= 0.6 is 0 Å². The van der Waals surface area contributed by atoms with Gasteiger partial charge in [-0.3, -0.25) is 14.6 Å². The van der Waals surface area contributed by atoms with Gasteiger partial charge in [-0.05, 0) is 12.1 Å². The Kier molecular flexibility index (Phi) is 5.90. The van der Waals surface area contributed by atoms with Crippen molar-refractivity contribution in [2.24, 2.45) is 0 Å². The number of carbonyl (C=O) groups is 3. The summed E-state index contributed by atoms with van der Waals surface area (Å²) in [7, 11) is 2.18. The summed E-state index contributed by atoms with van der Waals surface area (Å²) < 4.78 is 35.3. The summed E-state index contributed by atoms with van der Waals surface area (Å²) in [5.74, 6) is -6.01. The second kappa shape index (κ2) is 7.43. The van der Waals surface area contributed by atoms with Crippen molar-refractivity contribution in [3.05, 3.63) is 29.6 Å². The topological polar surface area (TPSA) is 94.6 Å². The molecule has 0 radical (unpaired) electrons. The van der Waals surface area contributed by atoms with Crippen molar-refractivity contribution in [3.8, 4) is 0 Å². The van der Waals surface area contributed by atoms with Crippen LogP contribution in [0.25, 0.3) is 0 Å². The van der Waals surface area contributed by atoms with E-state index in [-0.39, 0.29) is 11.3 Å². The molecule has 9 heteroatoms. The van der Waals surface area contributed by atoms with Gasteiger partial charge in [0, 0.05) is 6.20 Å². The Morgan fingerprint density at radius 3 is 2.41 bits per heavy atom. The predicted octanol–water partition coefficient (Wildman–Crippen LogP) is 0.796. The number of hydrogen-bond acceptors (Lipinski definition) is 6. The molecule has 0 fully saturated rings.